The Labute approximate surface area is 131 Å². The normalized spacial score (nSPS) is 11.3. The number of allylic oxidation sites excluding steroid dienone is 3. The molecule has 1 amide bonds. The van der Waals surface area contributed by atoms with Crippen molar-refractivity contribution in [2.24, 2.45) is 0 Å². The van der Waals surface area contributed by atoms with Crippen LogP contribution in [0.2, 0.25) is 0 Å². The summed E-state index contributed by atoms with van der Waals surface area (Å²) in [6.45, 7) is 3.28. The van der Waals surface area contributed by atoms with Gasteiger partial charge in [-0.1, -0.05) is 48.6 Å². The molecule has 1 heterocycles. The fraction of sp³-hybridized carbons (Fsp3) is 0.222. The van der Waals surface area contributed by atoms with Crippen molar-refractivity contribution in [3.05, 3.63) is 78.4 Å². The van der Waals surface area contributed by atoms with Gasteiger partial charge in [0, 0.05) is 38.0 Å². The molecule has 4 nitrogen and oxygen atoms in total. The molecule has 0 aliphatic rings. The molecule has 0 spiro atoms. The first-order valence-electron chi connectivity index (χ1n) is 7.40. The highest BCUT2D eigenvalue weighted by molar-refractivity contribution is 5.87. The predicted octanol–water partition coefficient (Wildman–Crippen LogP) is 2.72. The zero-order valence-corrected chi connectivity index (χ0v) is 12.8. The lowest BCUT2D eigenvalue weighted by Crippen LogP contribution is -2.24. The summed E-state index contributed by atoms with van der Waals surface area (Å²) in [5.74, 6) is 0.890. The van der Waals surface area contributed by atoms with Crippen LogP contribution in [0.5, 0.6) is 0 Å². The van der Waals surface area contributed by atoms with E-state index in [1.54, 1.807) is 12.3 Å². The van der Waals surface area contributed by atoms with E-state index in [9.17, 15) is 4.79 Å². The van der Waals surface area contributed by atoms with Crippen LogP contribution in [0.25, 0.3) is 0 Å². The lowest BCUT2D eigenvalue weighted by Gasteiger charge is -2.08. The zero-order chi connectivity index (χ0) is 15.6. The van der Waals surface area contributed by atoms with Crippen LogP contribution in [0.3, 0.4) is 0 Å². The van der Waals surface area contributed by atoms with Gasteiger partial charge in [-0.15, -0.1) is 0 Å². The van der Waals surface area contributed by atoms with E-state index in [0.29, 0.717) is 13.0 Å². The third-order valence-electron chi connectivity index (χ3n) is 3.20. The van der Waals surface area contributed by atoms with Crippen LogP contribution >= 0.6 is 0 Å². The third kappa shape index (κ3) is 5.05. The number of hydrogen-bond donors (Lipinski definition) is 1. The Hall–Kier alpha value is -2.62. The van der Waals surface area contributed by atoms with E-state index in [1.807, 2.05) is 43.5 Å². The first-order valence-corrected chi connectivity index (χ1v) is 7.40. The van der Waals surface area contributed by atoms with Crippen LogP contribution in [0.15, 0.2) is 67.0 Å². The first kappa shape index (κ1) is 15.8. The summed E-state index contributed by atoms with van der Waals surface area (Å²) in [6.07, 6.45) is 11.4. The molecular formula is C18H21N3O. The van der Waals surface area contributed by atoms with E-state index in [4.69, 9.17) is 0 Å². The molecule has 4 heteroatoms. The summed E-state index contributed by atoms with van der Waals surface area (Å²) in [5.41, 5.74) is 1.24. The van der Waals surface area contributed by atoms with Crippen molar-refractivity contribution >= 4 is 5.91 Å². The summed E-state index contributed by atoms with van der Waals surface area (Å²) in [5, 5.41) is 2.86. The predicted molar refractivity (Wildman–Crippen MR) is 88.4 cm³/mol. The Morgan fingerprint density at radius 1 is 1.27 bits per heavy atom. The minimum absolute atomic E-state index is 0.0840. The summed E-state index contributed by atoms with van der Waals surface area (Å²) in [7, 11) is 0. The van der Waals surface area contributed by atoms with E-state index >= 15 is 0 Å². The van der Waals surface area contributed by atoms with Gasteiger partial charge in [0.1, 0.15) is 5.82 Å². The minimum atomic E-state index is -0.0840. The van der Waals surface area contributed by atoms with Crippen LogP contribution < -0.4 is 5.32 Å². The largest absolute Gasteiger partial charge is 0.352 e. The number of benzene rings is 1. The quantitative estimate of drug-likeness (QED) is 0.630. The van der Waals surface area contributed by atoms with Gasteiger partial charge >= 0.3 is 0 Å². The number of nitrogens with zero attached hydrogens (tertiary/aromatic N) is 2. The Balaban J connectivity index is 1.84. The van der Waals surface area contributed by atoms with E-state index in [0.717, 1.165) is 12.4 Å². The minimum Gasteiger partial charge on any atom is -0.352 e. The SMILES string of the molecule is C/C=C/C=C/C(=O)NCCc1nccn1Cc1ccccc1. The van der Waals surface area contributed by atoms with Gasteiger partial charge in [-0.2, -0.15) is 0 Å². The fourth-order valence-electron chi connectivity index (χ4n) is 2.10. The highest BCUT2D eigenvalue weighted by Gasteiger charge is 2.04. The third-order valence-corrected chi connectivity index (χ3v) is 3.20. The zero-order valence-electron chi connectivity index (χ0n) is 12.8. The van der Waals surface area contributed by atoms with Gasteiger partial charge in [0.05, 0.1) is 0 Å². The van der Waals surface area contributed by atoms with Gasteiger partial charge in [0.25, 0.3) is 0 Å². The lowest BCUT2D eigenvalue weighted by molar-refractivity contribution is -0.116. The molecule has 0 saturated heterocycles. The van der Waals surface area contributed by atoms with Crippen molar-refractivity contribution < 1.29 is 4.79 Å². The van der Waals surface area contributed by atoms with Crippen LogP contribution in [-0.2, 0) is 17.8 Å². The summed E-state index contributed by atoms with van der Waals surface area (Å²) >= 11 is 0. The number of imidazole rings is 1. The highest BCUT2D eigenvalue weighted by atomic mass is 16.1. The fourth-order valence-corrected chi connectivity index (χ4v) is 2.10. The van der Waals surface area contributed by atoms with Gasteiger partial charge in [-0.05, 0) is 12.5 Å². The Morgan fingerprint density at radius 2 is 2.09 bits per heavy atom. The second-order valence-corrected chi connectivity index (χ2v) is 4.88. The molecule has 0 bridgehead atoms. The summed E-state index contributed by atoms with van der Waals surface area (Å²) in [4.78, 5) is 15.9. The summed E-state index contributed by atoms with van der Waals surface area (Å²) in [6, 6.07) is 10.3. The molecular weight excluding hydrogens is 274 g/mol. The van der Waals surface area contributed by atoms with Gasteiger partial charge in [-0.3, -0.25) is 4.79 Å². The number of rotatable bonds is 7. The molecule has 1 aromatic heterocycles. The molecule has 22 heavy (non-hydrogen) atoms. The Bertz CT molecular complexity index is 641. The number of nitrogens with one attached hydrogen (secondary N) is 1. The number of hydrogen-bond acceptors (Lipinski definition) is 2. The van der Waals surface area contributed by atoms with Crippen LogP contribution in [0, 0.1) is 0 Å². The molecule has 0 radical (unpaired) electrons. The topological polar surface area (TPSA) is 46.9 Å². The van der Waals surface area contributed by atoms with Crippen LogP contribution in [0.1, 0.15) is 18.3 Å². The summed E-state index contributed by atoms with van der Waals surface area (Å²) < 4.78 is 2.11. The maximum absolute atomic E-state index is 11.6. The molecule has 114 valence electrons. The van der Waals surface area contributed by atoms with Gasteiger partial charge in [0.2, 0.25) is 5.91 Å². The monoisotopic (exact) mass is 295 g/mol. The van der Waals surface area contributed by atoms with Crippen molar-refractivity contribution in [2.75, 3.05) is 6.54 Å². The van der Waals surface area contributed by atoms with Crippen molar-refractivity contribution in [1.82, 2.24) is 14.9 Å². The molecule has 0 aliphatic carbocycles. The number of aromatic nitrogens is 2. The van der Waals surface area contributed by atoms with E-state index in [2.05, 4.69) is 27.0 Å². The maximum atomic E-state index is 11.6. The van der Waals surface area contributed by atoms with Crippen molar-refractivity contribution in [3.63, 3.8) is 0 Å². The van der Waals surface area contributed by atoms with Crippen LogP contribution in [-0.4, -0.2) is 22.0 Å². The molecule has 0 atom stereocenters. The molecule has 0 unspecified atom stereocenters. The Morgan fingerprint density at radius 3 is 2.86 bits per heavy atom. The van der Waals surface area contributed by atoms with Gasteiger partial charge in [0.15, 0.2) is 0 Å². The van der Waals surface area contributed by atoms with Crippen LogP contribution in [0.4, 0.5) is 0 Å². The second-order valence-electron chi connectivity index (χ2n) is 4.88. The molecule has 1 aromatic carbocycles. The van der Waals surface area contributed by atoms with E-state index < -0.39 is 0 Å². The molecule has 0 aliphatic heterocycles. The van der Waals surface area contributed by atoms with Gasteiger partial charge < -0.3 is 9.88 Å². The maximum Gasteiger partial charge on any atom is 0.243 e. The average molecular weight is 295 g/mol. The first-order chi connectivity index (χ1) is 10.8. The Kier molecular flexibility index (Phi) is 6.18. The lowest BCUT2D eigenvalue weighted by atomic mass is 10.2. The van der Waals surface area contributed by atoms with Gasteiger partial charge in [-0.25, -0.2) is 4.98 Å². The van der Waals surface area contributed by atoms with Crippen molar-refractivity contribution in [1.29, 1.82) is 0 Å². The molecule has 2 aromatic rings. The second kappa shape index (κ2) is 8.62. The molecule has 1 N–H and O–H groups in total. The standard InChI is InChI=1S/C18H21N3O/c1-2-3-5-10-18(22)20-12-11-17-19-13-14-21(17)15-16-8-6-4-7-9-16/h2-10,13-14H,11-12,15H2,1H3,(H,20,22)/b3-2+,10-5+. The van der Waals surface area contributed by atoms with Crippen molar-refractivity contribution in [2.45, 2.75) is 19.9 Å². The molecule has 2 rings (SSSR count). The smallest absolute Gasteiger partial charge is 0.243 e. The van der Waals surface area contributed by atoms with E-state index in [1.165, 1.54) is 11.6 Å². The highest BCUT2D eigenvalue weighted by Crippen LogP contribution is 2.05. The van der Waals surface area contributed by atoms with Crippen molar-refractivity contribution in [3.8, 4) is 0 Å². The number of carbonyl (C=O) groups excluding carboxylic acids is 1. The number of carbonyl (C=O) groups is 1. The number of amides is 1. The molecule has 0 fully saturated rings. The average Bonchev–Trinajstić information content (AvgIpc) is 2.96. The van der Waals surface area contributed by atoms with E-state index in [-0.39, 0.29) is 5.91 Å². The molecule has 0 saturated carbocycles.